The SMILES string of the molecule is NC(Cc1ccccc1)C(=O)n1cnc2ccccc21. The lowest BCUT2D eigenvalue weighted by atomic mass is 10.1. The minimum Gasteiger partial charge on any atom is -0.320 e. The Morgan fingerprint density at radius 2 is 1.80 bits per heavy atom. The van der Waals surface area contributed by atoms with Crippen LogP contribution in [0.4, 0.5) is 0 Å². The number of imidazole rings is 1. The number of carbonyl (C=O) groups is 1. The van der Waals surface area contributed by atoms with Crippen molar-refractivity contribution in [1.29, 1.82) is 0 Å². The van der Waals surface area contributed by atoms with E-state index in [4.69, 9.17) is 5.73 Å². The molecule has 0 radical (unpaired) electrons. The summed E-state index contributed by atoms with van der Waals surface area (Å²) in [6, 6.07) is 16.7. The van der Waals surface area contributed by atoms with Crippen molar-refractivity contribution in [3.8, 4) is 0 Å². The van der Waals surface area contributed by atoms with Crippen LogP contribution in [-0.4, -0.2) is 21.5 Å². The number of fused-ring (bicyclic) bond motifs is 1. The predicted octanol–water partition coefficient (Wildman–Crippen LogP) is 2.25. The van der Waals surface area contributed by atoms with Gasteiger partial charge in [0.05, 0.1) is 17.1 Å². The summed E-state index contributed by atoms with van der Waals surface area (Å²) >= 11 is 0. The van der Waals surface area contributed by atoms with E-state index in [0.717, 1.165) is 16.6 Å². The van der Waals surface area contributed by atoms with Gasteiger partial charge in [0.1, 0.15) is 6.33 Å². The maximum absolute atomic E-state index is 12.4. The van der Waals surface area contributed by atoms with Crippen LogP contribution in [0.15, 0.2) is 60.9 Å². The van der Waals surface area contributed by atoms with Gasteiger partial charge in [0.2, 0.25) is 5.91 Å². The minimum absolute atomic E-state index is 0.137. The third-order valence-corrected chi connectivity index (χ3v) is 3.31. The van der Waals surface area contributed by atoms with Gasteiger partial charge >= 0.3 is 0 Å². The molecule has 1 aromatic heterocycles. The highest BCUT2D eigenvalue weighted by Gasteiger charge is 2.18. The van der Waals surface area contributed by atoms with Crippen LogP contribution in [0.3, 0.4) is 0 Å². The Labute approximate surface area is 116 Å². The van der Waals surface area contributed by atoms with Crippen molar-refractivity contribution in [2.75, 3.05) is 0 Å². The van der Waals surface area contributed by atoms with Crippen LogP contribution < -0.4 is 5.73 Å². The van der Waals surface area contributed by atoms with E-state index < -0.39 is 6.04 Å². The molecule has 1 unspecified atom stereocenters. The van der Waals surface area contributed by atoms with Crippen LogP contribution >= 0.6 is 0 Å². The number of nitrogens with two attached hydrogens (primary N) is 1. The van der Waals surface area contributed by atoms with Gasteiger partial charge in [0.25, 0.3) is 0 Å². The van der Waals surface area contributed by atoms with E-state index in [1.165, 1.54) is 10.9 Å². The number of hydrogen-bond acceptors (Lipinski definition) is 3. The molecule has 4 heteroatoms. The Bertz CT molecular complexity index is 734. The molecule has 0 saturated carbocycles. The van der Waals surface area contributed by atoms with Gasteiger partial charge in [-0.3, -0.25) is 9.36 Å². The summed E-state index contributed by atoms with van der Waals surface area (Å²) in [4.78, 5) is 16.6. The van der Waals surface area contributed by atoms with E-state index in [-0.39, 0.29) is 5.91 Å². The average Bonchev–Trinajstić information content (AvgIpc) is 2.91. The second-order valence-corrected chi connectivity index (χ2v) is 4.74. The lowest BCUT2D eigenvalue weighted by Crippen LogP contribution is -2.36. The predicted molar refractivity (Wildman–Crippen MR) is 78.5 cm³/mol. The maximum atomic E-state index is 12.4. The Kier molecular flexibility index (Phi) is 3.31. The number of carbonyl (C=O) groups excluding carboxylic acids is 1. The maximum Gasteiger partial charge on any atom is 0.249 e. The van der Waals surface area contributed by atoms with E-state index >= 15 is 0 Å². The number of rotatable bonds is 3. The first-order chi connectivity index (χ1) is 9.75. The van der Waals surface area contributed by atoms with Gasteiger partial charge in [0, 0.05) is 0 Å². The Morgan fingerprint density at radius 3 is 2.60 bits per heavy atom. The molecule has 0 fully saturated rings. The van der Waals surface area contributed by atoms with Crippen LogP contribution in [0.1, 0.15) is 10.4 Å². The zero-order chi connectivity index (χ0) is 13.9. The van der Waals surface area contributed by atoms with Gasteiger partial charge in [-0.15, -0.1) is 0 Å². The molecule has 4 nitrogen and oxygen atoms in total. The molecule has 100 valence electrons. The second kappa shape index (κ2) is 5.27. The monoisotopic (exact) mass is 265 g/mol. The number of hydrogen-bond donors (Lipinski definition) is 1. The van der Waals surface area contributed by atoms with Crippen molar-refractivity contribution in [3.63, 3.8) is 0 Å². The molecule has 1 heterocycles. The fraction of sp³-hybridized carbons (Fsp3) is 0.125. The highest BCUT2D eigenvalue weighted by atomic mass is 16.2. The molecule has 0 aliphatic heterocycles. The molecule has 2 N–H and O–H groups in total. The van der Waals surface area contributed by atoms with Crippen molar-refractivity contribution in [2.24, 2.45) is 5.73 Å². The van der Waals surface area contributed by atoms with E-state index in [2.05, 4.69) is 4.98 Å². The quantitative estimate of drug-likeness (QED) is 0.790. The van der Waals surface area contributed by atoms with Gasteiger partial charge in [-0.1, -0.05) is 42.5 Å². The Balaban J connectivity index is 1.85. The molecule has 0 bridgehead atoms. The summed E-state index contributed by atoms with van der Waals surface area (Å²) in [7, 11) is 0. The van der Waals surface area contributed by atoms with Crippen molar-refractivity contribution >= 4 is 16.9 Å². The van der Waals surface area contributed by atoms with Crippen LogP contribution in [0, 0.1) is 0 Å². The molecule has 2 aromatic carbocycles. The normalized spacial score (nSPS) is 12.4. The summed E-state index contributed by atoms with van der Waals surface area (Å²) in [6.45, 7) is 0. The second-order valence-electron chi connectivity index (χ2n) is 4.74. The summed E-state index contributed by atoms with van der Waals surface area (Å²) in [5.41, 5.74) is 8.68. The number of aromatic nitrogens is 2. The number of nitrogens with zero attached hydrogens (tertiary/aromatic N) is 2. The molecule has 0 amide bonds. The third kappa shape index (κ3) is 2.33. The molecular weight excluding hydrogens is 250 g/mol. The molecular formula is C16H15N3O. The van der Waals surface area contributed by atoms with Gasteiger partial charge in [0.15, 0.2) is 0 Å². The molecule has 0 spiro atoms. The van der Waals surface area contributed by atoms with Gasteiger partial charge < -0.3 is 5.73 Å². The first kappa shape index (κ1) is 12.6. The zero-order valence-electron chi connectivity index (χ0n) is 10.9. The first-order valence-electron chi connectivity index (χ1n) is 6.51. The summed E-state index contributed by atoms with van der Waals surface area (Å²) in [6.07, 6.45) is 2.06. The largest absolute Gasteiger partial charge is 0.320 e. The molecule has 3 aromatic rings. The third-order valence-electron chi connectivity index (χ3n) is 3.31. The first-order valence-corrected chi connectivity index (χ1v) is 6.51. The number of para-hydroxylation sites is 2. The summed E-state index contributed by atoms with van der Waals surface area (Å²) < 4.78 is 1.53. The molecule has 0 saturated heterocycles. The lowest BCUT2D eigenvalue weighted by molar-refractivity contribution is 0.0884. The summed E-state index contributed by atoms with van der Waals surface area (Å²) in [5.74, 6) is -0.137. The highest BCUT2D eigenvalue weighted by molar-refractivity contribution is 5.93. The highest BCUT2D eigenvalue weighted by Crippen LogP contribution is 2.13. The fourth-order valence-electron chi connectivity index (χ4n) is 2.27. The van der Waals surface area contributed by atoms with E-state index in [1.807, 2.05) is 54.6 Å². The molecule has 0 aliphatic carbocycles. The molecule has 3 rings (SSSR count). The topological polar surface area (TPSA) is 60.9 Å². The minimum atomic E-state index is -0.574. The Hall–Kier alpha value is -2.46. The fourth-order valence-corrected chi connectivity index (χ4v) is 2.27. The Morgan fingerprint density at radius 1 is 1.10 bits per heavy atom. The molecule has 0 aliphatic rings. The lowest BCUT2D eigenvalue weighted by Gasteiger charge is -2.11. The van der Waals surface area contributed by atoms with E-state index in [0.29, 0.717) is 6.42 Å². The number of benzene rings is 2. The van der Waals surface area contributed by atoms with Crippen LogP contribution in [0.5, 0.6) is 0 Å². The van der Waals surface area contributed by atoms with Crippen LogP contribution in [0.25, 0.3) is 11.0 Å². The van der Waals surface area contributed by atoms with Gasteiger partial charge in [-0.05, 0) is 24.1 Å². The van der Waals surface area contributed by atoms with Crippen molar-refractivity contribution in [3.05, 3.63) is 66.5 Å². The van der Waals surface area contributed by atoms with Crippen molar-refractivity contribution in [1.82, 2.24) is 9.55 Å². The van der Waals surface area contributed by atoms with Crippen LogP contribution in [-0.2, 0) is 6.42 Å². The van der Waals surface area contributed by atoms with Crippen molar-refractivity contribution in [2.45, 2.75) is 12.5 Å². The van der Waals surface area contributed by atoms with Crippen LogP contribution in [0.2, 0.25) is 0 Å². The zero-order valence-corrected chi connectivity index (χ0v) is 10.9. The summed E-state index contributed by atoms with van der Waals surface area (Å²) in [5, 5.41) is 0. The average molecular weight is 265 g/mol. The molecule has 20 heavy (non-hydrogen) atoms. The van der Waals surface area contributed by atoms with Gasteiger partial charge in [-0.2, -0.15) is 0 Å². The van der Waals surface area contributed by atoms with Gasteiger partial charge in [-0.25, -0.2) is 4.98 Å². The van der Waals surface area contributed by atoms with E-state index in [1.54, 1.807) is 0 Å². The standard InChI is InChI=1S/C16H15N3O/c17-13(10-12-6-2-1-3-7-12)16(20)19-11-18-14-8-4-5-9-15(14)19/h1-9,11,13H,10,17H2. The molecule has 1 atom stereocenters. The van der Waals surface area contributed by atoms with E-state index in [9.17, 15) is 4.79 Å². The van der Waals surface area contributed by atoms with Crippen molar-refractivity contribution < 1.29 is 4.79 Å². The smallest absolute Gasteiger partial charge is 0.249 e.